The number of carbonyl (C=O) groups is 2. The quantitative estimate of drug-likeness (QED) is 0.845. The first-order valence-electron chi connectivity index (χ1n) is 5.53. The minimum absolute atomic E-state index is 0.0465. The molecular weight excluding hydrogens is 322 g/mol. The molecule has 0 bridgehead atoms. The monoisotopic (exact) mass is 328 g/mol. The number of aromatic carboxylic acids is 1. The molecule has 0 aliphatic heterocycles. The van der Waals surface area contributed by atoms with Crippen LogP contribution in [-0.2, 0) is 0 Å². The topological polar surface area (TPSA) is 79.3 Å². The Kier molecular flexibility index (Phi) is 4.40. The highest BCUT2D eigenvalue weighted by atomic mass is 35.5. The van der Waals surface area contributed by atoms with E-state index in [0.717, 1.165) is 12.1 Å². The summed E-state index contributed by atoms with van der Waals surface area (Å²) in [5, 5.41) is 11.2. The van der Waals surface area contributed by atoms with Gasteiger partial charge < -0.3 is 10.4 Å². The lowest BCUT2D eigenvalue weighted by Gasteiger charge is -2.07. The molecule has 5 nitrogen and oxygen atoms in total. The van der Waals surface area contributed by atoms with Crippen LogP contribution in [0.25, 0.3) is 0 Å². The average molecular weight is 329 g/mol. The summed E-state index contributed by atoms with van der Waals surface area (Å²) < 4.78 is 13.7. The van der Waals surface area contributed by atoms with Gasteiger partial charge in [-0.05, 0) is 24.3 Å². The van der Waals surface area contributed by atoms with Crippen LogP contribution < -0.4 is 5.32 Å². The van der Waals surface area contributed by atoms with E-state index in [0.29, 0.717) is 0 Å². The summed E-state index contributed by atoms with van der Waals surface area (Å²) >= 11 is 11.4. The Bertz CT molecular complexity index is 737. The van der Waals surface area contributed by atoms with Gasteiger partial charge in [-0.1, -0.05) is 23.2 Å². The fourth-order valence-electron chi connectivity index (χ4n) is 1.49. The zero-order chi connectivity index (χ0) is 15.6. The van der Waals surface area contributed by atoms with Crippen molar-refractivity contribution in [3.05, 3.63) is 57.6 Å². The summed E-state index contributed by atoms with van der Waals surface area (Å²) in [4.78, 5) is 26.3. The standard InChI is InChI=1S/C13H7Cl2FN2O3/c14-8-3-7(5-17-11(8)15)12(19)18-10-2-1-6(13(20)21)4-9(10)16/h1-5H,(H,18,19)(H,20,21). The molecule has 1 heterocycles. The van der Waals surface area contributed by atoms with Gasteiger partial charge in [0.1, 0.15) is 11.0 Å². The van der Waals surface area contributed by atoms with Crippen molar-refractivity contribution in [2.75, 3.05) is 5.32 Å². The molecule has 1 aromatic carbocycles. The minimum Gasteiger partial charge on any atom is -0.478 e. The second-order valence-corrected chi connectivity index (χ2v) is 4.72. The van der Waals surface area contributed by atoms with Crippen LogP contribution in [0.1, 0.15) is 20.7 Å². The molecule has 2 rings (SSSR count). The number of pyridine rings is 1. The van der Waals surface area contributed by atoms with Gasteiger partial charge in [-0.2, -0.15) is 0 Å². The number of carbonyl (C=O) groups excluding carboxylic acids is 1. The van der Waals surface area contributed by atoms with E-state index in [1.807, 2.05) is 0 Å². The highest BCUT2D eigenvalue weighted by molar-refractivity contribution is 6.41. The summed E-state index contributed by atoms with van der Waals surface area (Å²) in [6.45, 7) is 0. The van der Waals surface area contributed by atoms with Crippen molar-refractivity contribution in [3.63, 3.8) is 0 Å². The first-order valence-corrected chi connectivity index (χ1v) is 6.29. The van der Waals surface area contributed by atoms with Gasteiger partial charge in [-0.25, -0.2) is 14.2 Å². The lowest BCUT2D eigenvalue weighted by molar-refractivity contribution is 0.0696. The van der Waals surface area contributed by atoms with Gasteiger partial charge in [0.2, 0.25) is 0 Å². The zero-order valence-corrected chi connectivity index (χ0v) is 11.7. The maximum Gasteiger partial charge on any atom is 0.335 e. The third-order valence-electron chi connectivity index (χ3n) is 2.52. The molecular formula is C13H7Cl2FN2O3. The van der Waals surface area contributed by atoms with Gasteiger partial charge in [0.15, 0.2) is 0 Å². The molecule has 0 spiro atoms. The van der Waals surface area contributed by atoms with Crippen molar-refractivity contribution in [1.82, 2.24) is 4.98 Å². The summed E-state index contributed by atoms with van der Waals surface area (Å²) in [5.74, 6) is -2.78. The molecule has 1 amide bonds. The van der Waals surface area contributed by atoms with E-state index in [1.54, 1.807) is 0 Å². The number of halogens is 3. The van der Waals surface area contributed by atoms with Crippen molar-refractivity contribution in [3.8, 4) is 0 Å². The number of amides is 1. The minimum atomic E-state index is -1.26. The summed E-state index contributed by atoms with van der Waals surface area (Å²) in [7, 11) is 0. The van der Waals surface area contributed by atoms with Crippen molar-refractivity contribution in [1.29, 1.82) is 0 Å². The Morgan fingerprint density at radius 2 is 1.90 bits per heavy atom. The molecule has 8 heteroatoms. The second-order valence-electron chi connectivity index (χ2n) is 3.95. The number of carboxylic acid groups (broad SMARTS) is 1. The molecule has 0 unspecified atom stereocenters. The number of rotatable bonds is 3. The third kappa shape index (κ3) is 3.48. The average Bonchev–Trinajstić information content (AvgIpc) is 2.43. The van der Waals surface area contributed by atoms with E-state index >= 15 is 0 Å². The van der Waals surface area contributed by atoms with E-state index in [2.05, 4.69) is 10.3 Å². The molecule has 0 aliphatic carbocycles. The number of anilines is 1. The molecule has 0 saturated carbocycles. The highest BCUT2D eigenvalue weighted by Gasteiger charge is 2.13. The largest absolute Gasteiger partial charge is 0.478 e. The molecule has 21 heavy (non-hydrogen) atoms. The van der Waals surface area contributed by atoms with Crippen LogP contribution in [0.5, 0.6) is 0 Å². The van der Waals surface area contributed by atoms with Gasteiger partial charge in [0.05, 0.1) is 21.8 Å². The molecule has 1 aromatic heterocycles. The van der Waals surface area contributed by atoms with Crippen LogP contribution >= 0.6 is 23.2 Å². The van der Waals surface area contributed by atoms with E-state index in [-0.39, 0.29) is 27.0 Å². The molecule has 0 atom stereocenters. The predicted octanol–water partition coefficient (Wildman–Crippen LogP) is 3.48. The third-order valence-corrected chi connectivity index (χ3v) is 3.21. The SMILES string of the molecule is O=C(O)c1ccc(NC(=O)c2cnc(Cl)c(Cl)c2)c(F)c1. The highest BCUT2D eigenvalue weighted by Crippen LogP contribution is 2.21. The number of aromatic nitrogens is 1. The van der Waals surface area contributed by atoms with Crippen molar-refractivity contribution in [2.45, 2.75) is 0 Å². The Morgan fingerprint density at radius 3 is 2.48 bits per heavy atom. The zero-order valence-electron chi connectivity index (χ0n) is 10.2. The summed E-state index contributed by atoms with van der Waals surface area (Å²) in [6, 6.07) is 4.43. The first kappa shape index (κ1) is 15.2. The number of hydrogen-bond donors (Lipinski definition) is 2. The maximum absolute atomic E-state index is 13.7. The van der Waals surface area contributed by atoms with Gasteiger partial charge in [0.25, 0.3) is 5.91 Å². The normalized spacial score (nSPS) is 10.2. The molecule has 0 fully saturated rings. The van der Waals surface area contributed by atoms with E-state index in [4.69, 9.17) is 28.3 Å². The Labute approximate surface area is 128 Å². The smallest absolute Gasteiger partial charge is 0.335 e. The molecule has 108 valence electrons. The fourth-order valence-corrected chi connectivity index (χ4v) is 1.76. The molecule has 0 radical (unpaired) electrons. The van der Waals surface area contributed by atoms with Gasteiger partial charge in [0, 0.05) is 6.20 Å². The Hall–Kier alpha value is -2.18. The summed E-state index contributed by atoms with van der Waals surface area (Å²) in [6.07, 6.45) is 1.19. The number of nitrogens with one attached hydrogen (secondary N) is 1. The van der Waals surface area contributed by atoms with Gasteiger partial charge in [-0.15, -0.1) is 0 Å². The van der Waals surface area contributed by atoms with Crippen molar-refractivity contribution < 1.29 is 19.1 Å². The van der Waals surface area contributed by atoms with E-state index < -0.39 is 17.7 Å². The van der Waals surface area contributed by atoms with Crippen molar-refractivity contribution >= 4 is 40.8 Å². The van der Waals surface area contributed by atoms with Crippen LogP contribution in [0.2, 0.25) is 10.2 Å². The number of benzene rings is 1. The van der Waals surface area contributed by atoms with E-state index in [9.17, 15) is 14.0 Å². The lowest BCUT2D eigenvalue weighted by atomic mass is 10.2. The van der Waals surface area contributed by atoms with Crippen molar-refractivity contribution in [2.24, 2.45) is 0 Å². The summed E-state index contributed by atoms with van der Waals surface area (Å²) in [5.41, 5.74) is -0.288. The number of nitrogens with zero attached hydrogens (tertiary/aromatic N) is 1. The van der Waals surface area contributed by atoms with Crippen LogP contribution in [-0.4, -0.2) is 22.0 Å². The Morgan fingerprint density at radius 1 is 1.19 bits per heavy atom. The Balaban J connectivity index is 2.23. The molecule has 0 saturated heterocycles. The van der Waals surface area contributed by atoms with E-state index in [1.165, 1.54) is 18.3 Å². The number of hydrogen-bond acceptors (Lipinski definition) is 3. The molecule has 2 N–H and O–H groups in total. The van der Waals surface area contributed by atoms with Gasteiger partial charge in [-0.3, -0.25) is 4.79 Å². The molecule has 0 aliphatic rings. The van der Waals surface area contributed by atoms with Crippen LogP contribution in [0.15, 0.2) is 30.5 Å². The first-order chi connectivity index (χ1) is 9.88. The fraction of sp³-hybridized carbons (Fsp3) is 0. The number of carboxylic acids is 1. The molecule has 2 aromatic rings. The van der Waals surface area contributed by atoms with Gasteiger partial charge >= 0.3 is 5.97 Å². The predicted molar refractivity (Wildman–Crippen MR) is 75.6 cm³/mol. The lowest BCUT2D eigenvalue weighted by Crippen LogP contribution is -2.13. The van der Waals surface area contributed by atoms with Crippen LogP contribution in [0.3, 0.4) is 0 Å². The van der Waals surface area contributed by atoms with Crippen LogP contribution in [0.4, 0.5) is 10.1 Å². The second kappa shape index (κ2) is 6.07. The van der Waals surface area contributed by atoms with Crippen LogP contribution in [0, 0.1) is 5.82 Å². The maximum atomic E-state index is 13.7.